The number of hydrogen-bond acceptors (Lipinski definition) is 2. The molecule has 0 unspecified atom stereocenters. The highest BCUT2D eigenvalue weighted by molar-refractivity contribution is 5.94. The summed E-state index contributed by atoms with van der Waals surface area (Å²) in [5.41, 5.74) is 1.41. The zero-order valence-corrected chi connectivity index (χ0v) is 11.3. The second-order valence-corrected chi connectivity index (χ2v) is 5.50. The molecule has 1 N–H and O–H groups in total. The lowest BCUT2D eigenvalue weighted by Gasteiger charge is -2.27. The van der Waals surface area contributed by atoms with Gasteiger partial charge in [0.05, 0.1) is 0 Å². The summed E-state index contributed by atoms with van der Waals surface area (Å²) < 4.78 is 0. The van der Waals surface area contributed by atoms with E-state index in [4.69, 9.17) is 0 Å². The maximum absolute atomic E-state index is 12.5. The summed E-state index contributed by atoms with van der Waals surface area (Å²) in [5, 5.41) is 9.50. The van der Waals surface area contributed by atoms with Gasteiger partial charge in [0.2, 0.25) is 0 Å². The highest BCUT2D eigenvalue weighted by Crippen LogP contribution is 2.31. The highest BCUT2D eigenvalue weighted by Gasteiger charge is 2.28. The van der Waals surface area contributed by atoms with E-state index in [0.29, 0.717) is 11.5 Å². The molecule has 0 atom stereocenters. The summed E-state index contributed by atoms with van der Waals surface area (Å²) in [6.45, 7) is 6.77. The Morgan fingerprint density at radius 2 is 2.11 bits per heavy atom. The smallest absolute Gasteiger partial charge is 0.254 e. The minimum Gasteiger partial charge on any atom is -0.508 e. The third-order valence-corrected chi connectivity index (χ3v) is 3.48. The molecule has 0 saturated heterocycles. The molecule has 98 valence electrons. The van der Waals surface area contributed by atoms with Crippen LogP contribution in [-0.2, 0) is 0 Å². The summed E-state index contributed by atoms with van der Waals surface area (Å²) in [7, 11) is 0. The molecule has 1 amide bonds. The quantitative estimate of drug-likeness (QED) is 0.888. The van der Waals surface area contributed by atoms with Crippen LogP contribution in [0.3, 0.4) is 0 Å². The Balaban J connectivity index is 2.18. The largest absolute Gasteiger partial charge is 0.508 e. The molecule has 18 heavy (non-hydrogen) atoms. The molecule has 1 aromatic rings. The number of phenols is 1. The van der Waals surface area contributed by atoms with Gasteiger partial charge in [0.15, 0.2) is 0 Å². The van der Waals surface area contributed by atoms with Gasteiger partial charge in [-0.05, 0) is 63.3 Å². The van der Waals surface area contributed by atoms with Gasteiger partial charge in [-0.1, -0.05) is 0 Å². The molecular weight excluding hydrogens is 226 g/mol. The van der Waals surface area contributed by atoms with Gasteiger partial charge in [0, 0.05) is 18.2 Å². The number of carbonyl (C=O) groups is 1. The molecule has 0 radical (unpaired) electrons. The molecule has 1 saturated carbocycles. The average molecular weight is 247 g/mol. The third-order valence-electron chi connectivity index (χ3n) is 3.48. The Labute approximate surface area is 108 Å². The fraction of sp³-hybridized carbons (Fsp3) is 0.533. The summed E-state index contributed by atoms with van der Waals surface area (Å²) in [4.78, 5) is 14.4. The van der Waals surface area contributed by atoms with Gasteiger partial charge in [0.1, 0.15) is 5.75 Å². The molecule has 1 aromatic carbocycles. The van der Waals surface area contributed by atoms with E-state index in [1.807, 2.05) is 25.7 Å². The zero-order chi connectivity index (χ0) is 13.3. The van der Waals surface area contributed by atoms with Crippen molar-refractivity contribution >= 4 is 5.91 Å². The molecule has 0 spiro atoms. The first-order chi connectivity index (χ1) is 8.49. The van der Waals surface area contributed by atoms with E-state index in [9.17, 15) is 9.90 Å². The fourth-order valence-corrected chi connectivity index (χ4v) is 2.06. The number of amides is 1. The lowest BCUT2D eigenvalue weighted by Crippen LogP contribution is -2.38. The lowest BCUT2D eigenvalue weighted by molar-refractivity contribution is 0.0696. The molecule has 1 aliphatic rings. The molecule has 0 aromatic heterocycles. The number of nitrogens with zero attached hydrogens (tertiary/aromatic N) is 1. The maximum Gasteiger partial charge on any atom is 0.254 e. The van der Waals surface area contributed by atoms with Crippen molar-refractivity contribution in [1.82, 2.24) is 4.90 Å². The third kappa shape index (κ3) is 2.84. The van der Waals surface area contributed by atoms with Crippen LogP contribution in [0.1, 0.15) is 42.6 Å². The van der Waals surface area contributed by atoms with Gasteiger partial charge in [-0.25, -0.2) is 0 Å². The molecule has 1 aliphatic carbocycles. The van der Waals surface area contributed by atoms with Gasteiger partial charge in [-0.3, -0.25) is 4.79 Å². The Morgan fingerprint density at radius 1 is 1.44 bits per heavy atom. The van der Waals surface area contributed by atoms with E-state index in [1.54, 1.807) is 18.2 Å². The van der Waals surface area contributed by atoms with Crippen LogP contribution in [0.5, 0.6) is 5.75 Å². The van der Waals surface area contributed by atoms with Gasteiger partial charge in [0.25, 0.3) is 5.91 Å². The predicted octanol–water partition coefficient (Wildman–Crippen LogP) is 2.96. The number of hydrogen-bond donors (Lipinski definition) is 1. The van der Waals surface area contributed by atoms with E-state index in [1.165, 1.54) is 12.8 Å². The van der Waals surface area contributed by atoms with Crippen LogP contribution in [0.2, 0.25) is 0 Å². The Bertz CT molecular complexity index is 450. The second-order valence-electron chi connectivity index (χ2n) is 5.50. The summed E-state index contributed by atoms with van der Waals surface area (Å²) in [6.07, 6.45) is 2.48. The van der Waals surface area contributed by atoms with Crippen LogP contribution < -0.4 is 0 Å². The van der Waals surface area contributed by atoms with Crippen molar-refractivity contribution in [1.29, 1.82) is 0 Å². The molecule has 2 rings (SSSR count). The normalized spacial score (nSPS) is 14.9. The SMILES string of the molecule is Cc1cc(C(=O)N(CC2CC2)C(C)C)ccc1O. The van der Waals surface area contributed by atoms with Gasteiger partial charge < -0.3 is 10.0 Å². The Morgan fingerprint density at radius 3 is 2.61 bits per heavy atom. The highest BCUT2D eigenvalue weighted by atomic mass is 16.3. The summed E-state index contributed by atoms with van der Waals surface area (Å²) >= 11 is 0. The van der Waals surface area contributed by atoms with Crippen molar-refractivity contribution in [3.05, 3.63) is 29.3 Å². The molecule has 0 heterocycles. The summed E-state index contributed by atoms with van der Waals surface area (Å²) in [5.74, 6) is 0.999. The number of aromatic hydroxyl groups is 1. The van der Waals surface area contributed by atoms with E-state index in [-0.39, 0.29) is 17.7 Å². The Kier molecular flexibility index (Phi) is 3.60. The fourth-order valence-electron chi connectivity index (χ4n) is 2.06. The van der Waals surface area contributed by atoms with Crippen LogP contribution >= 0.6 is 0 Å². The van der Waals surface area contributed by atoms with Crippen molar-refractivity contribution < 1.29 is 9.90 Å². The predicted molar refractivity (Wildman–Crippen MR) is 71.7 cm³/mol. The number of aryl methyl sites for hydroxylation is 1. The van der Waals surface area contributed by atoms with E-state index in [2.05, 4.69) is 0 Å². The number of rotatable bonds is 4. The zero-order valence-electron chi connectivity index (χ0n) is 11.3. The van der Waals surface area contributed by atoms with E-state index in [0.717, 1.165) is 12.1 Å². The standard InChI is InChI=1S/C15H21NO2/c1-10(2)16(9-12-4-5-12)15(18)13-6-7-14(17)11(3)8-13/h6-8,10,12,17H,4-5,9H2,1-3H3. The first-order valence-electron chi connectivity index (χ1n) is 6.59. The number of phenolic OH excluding ortho intramolecular Hbond substituents is 1. The van der Waals surface area contributed by atoms with Crippen molar-refractivity contribution in [2.24, 2.45) is 5.92 Å². The maximum atomic E-state index is 12.5. The van der Waals surface area contributed by atoms with Gasteiger partial charge in [-0.15, -0.1) is 0 Å². The van der Waals surface area contributed by atoms with Crippen LogP contribution in [0.25, 0.3) is 0 Å². The molecule has 3 heteroatoms. The monoisotopic (exact) mass is 247 g/mol. The minimum atomic E-state index is 0.0694. The molecule has 0 bridgehead atoms. The first-order valence-corrected chi connectivity index (χ1v) is 6.59. The van der Waals surface area contributed by atoms with Crippen LogP contribution in [0.4, 0.5) is 0 Å². The molecule has 1 fully saturated rings. The topological polar surface area (TPSA) is 40.5 Å². The van der Waals surface area contributed by atoms with Crippen molar-refractivity contribution in [3.63, 3.8) is 0 Å². The summed E-state index contributed by atoms with van der Waals surface area (Å²) in [6, 6.07) is 5.28. The van der Waals surface area contributed by atoms with Crippen LogP contribution in [0, 0.1) is 12.8 Å². The first kappa shape index (κ1) is 12.9. The van der Waals surface area contributed by atoms with Crippen LogP contribution in [-0.4, -0.2) is 28.5 Å². The van der Waals surface area contributed by atoms with E-state index >= 15 is 0 Å². The van der Waals surface area contributed by atoms with E-state index < -0.39 is 0 Å². The van der Waals surface area contributed by atoms with Crippen LogP contribution in [0.15, 0.2) is 18.2 Å². The Hall–Kier alpha value is -1.51. The molecule has 3 nitrogen and oxygen atoms in total. The lowest BCUT2D eigenvalue weighted by atomic mass is 10.1. The van der Waals surface area contributed by atoms with Gasteiger partial charge >= 0.3 is 0 Å². The number of carbonyl (C=O) groups excluding carboxylic acids is 1. The molecular formula is C15H21NO2. The second kappa shape index (κ2) is 5.01. The minimum absolute atomic E-state index is 0.0694. The van der Waals surface area contributed by atoms with Gasteiger partial charge in [-0.2, -0.15) is 0 Å². The van der Waals surface area contributed by atoms with Crippen molar-refractivity contribution in [2.45, 2.75) is 39.7 Å². The van der Waals surface area contributed by atoms with Crippen molar-refractivity contribution in [3.8, 4) is 5.75 Å². The van der Waals surface area contributed by atoms with Crippen molar-refractivity contribution in [2.75, 3.05) is 6.54 Å². The molecule has 0 aliphatic heterocycles. The average Bonchev–Trinajstić information content (AvgIpc) is 3.12. The number of benzene rings is 1.